The predicted octanol–water partition coefficient (Wildman–Crippen LogP) is 2.46. The Morgan fingerprint density at radius 1 is 1.00 bits per heavy atom. The molecule has 0 aromatic heterocycles. The molecular formula is C12H26N2O. The van der Waals surface area contributed by atoms with Gasteiger partial charge in [-0.25, -0.2) is 5.84 Å². The van der Waals surface area contributed by atoms with Gasteiger partial charge in [0, 0.05) is 5.92 Å². The zero-order valence-corrected chi connectivity index (χ0v) is 10.5. The van der Waals surface area contributed by atoms with E-state index in [0.29, 0.717) is 11.8 Å². The van der Waals surface area contributed by atoms with Crippen molar-refractivity contribution in [2.75, 3.05) is 0 Å². The van der Waals surface area contributed by atoms with Gasteiger partial charge in [0.2, 0.25) is 5.91 Å². The Kier molecular flexibility index (Phi) is 7.39. The van der Waals surface area contributed by atoms with Crippen LogP contribution in [0.5, 0.6) is 0 Å². The molecular weight excluding hydrogens is 188 g/mol. The summed E-state index contributed by atoms with van der Waals surface area (Å²) < 4.78 is 0. The normalized spacial score (nSPS) is 11.5. The van der Waals surface area contributed by atoms with Crippen LogP contribution in [0, 0.1) is 17.8 Å². The van der Waals surface area contributed by atoms with Crippen molar-refractivity contribution in [2.45, 2.75) is 53.4 Å². The lowest BCUT2D eigenvalue weighted by Crippen LogP contribution is -2.36. The maximum Gasteiger partial charge on any atom is 0.236 e. The van der Waals surface area contributed by atoms with E-state index < -0.39 is 0 Å². The molecule has 0 rings (SSSR count). The highest BCUT2D eigenvalue weighted by molar-refractivity contribution is 5.77. The smallest absolute Gasteiger partial charge is 0.236 e. The van der Waals surface area contributed by atoms with Crippen LogP contribution in [-0.4, -0.2) is 5.91 Å². The number of amides is 1. The van der Waals surface area contributed by atoms with Gasteiger partial charge in [-0.15, -0.1) is 0 Å². The zero-order valence-electron chi connectivity index (χ0n) is 10.5. The lowest BCUT2D eigenvalue weighted by atomic mass is 9.91. The summed E-state index contributed by atoms with van der Waals surface area (Å²) in [6, 6.07) is 0. The van der Waals surface area contributed by atoms with E-state index in [0.717, 1.165) is 25.7 Å². The molecule has 1 amide bonds. The molecule has 0 aliphatic heterocycles. The third-order valence-electron chi connectivity index (χ3n) is 2.70. The lowest BCUT2D eigenvalue weighted by Gasteiger charge is -2.17. The minimum atomic E-state index is -0.00343. The first-order valence-electron chi connectivity index (χ1n) is 5.97. The van der Waals surface area contributed by atoms with E-state index in [4.69, 9.17) is 5.84 Å². The number of nitrogens with two attached hydrogens (primary N) is 1. The van der Waals surface area contributed by atoms with Crippen LogP contribution in [0.1, 0.15) is 53.4 Å². The van der Waals surface area contributed by atoms with Gasteiger partial charge in [-0.3, -0.25) is 10.2 Å². The van der Waals surface area contributed by atoms with Crippen molar-refractivity contribution in [1.82, 2.24) is 5.43 Å². The van der Waals surface area contributed by atoms with Crippen LogP contribution in [0.2, 0.25) is 0 Å². The molecule has 15 heavy (non-hydrogen) atoms. The van der Waals surface area contributed by atoms with Gasteiger partial charge in [0.1, 0.15) is 0 Å². The minimum Gasteiger partial charge on any atom is -0.294 e. The van der Waals surface area contributed by atoms with Gasteiger partial charge in [-0.05, 0) is 24.7 Å². The molecule has 0 atom stereocenters. The lowest BCUT2D eigenvalue weighted by molar-refractivity contribution is -0.125. The topological polar surface area (TPSA) is 55.1 Å². The molecule has 3 nitrogen and oxygen atoms in total. The van der Waals surface area contributed by atoms with Crippen LogP contribution in [0.3, 0.4) is 0 Å². The number of hydrogen-bond donors (Lipinski definition) is 2. The van der Waals surface area contributed by atoms with E-state index in [2.05, 4.69) is 33.1 Å². The Balaban J connectivity index is 4.01. The summed E-state index contributed by atoms with van der Waals surface area (Å²) >= 11 is 0. The molecule has 90 valence electrons. The van der Waals surface area contributed by atoms with Crippen LogP contribution in [-0.2, 0) is 4.79 Å². The monoisotopic (exact) mass is 214 g/mol. The van der Waals surface area contributed by atoms with Crippen molar-refractivity contribution in [3.05, 3.63) is 0 Å². The second-order valence-corrected chi connectivity index (χ2v) is 5.15. The van der Waals surface area contributed by atoms with Crippen molar-refractivity contribution in [3.63, 3.8) is 0 Å². The quantitative estimate of drug-likeness (QED) is 0.388. The Hall–Kier alpha value is -0.570. The molecule has 3 N–H and O–H groups in total. The Morgan fingerprint density at radius 2 is 1.40 bits per heavy atom. The van der Waals surface area contributed by atoms with Crippen molar-refractivity contribution in [1.29, 1.82) is 0 Å². The van der Waals surface area contributed by atoms with Gasteiger partial charge >= 0.3 is 0 Å². The van der Waals surface area contributed by atoms with Crippen LogP contribution >= 0.6 is 0 Å². The van der Waals surface area contributed by atoms with Gasteiger partial charge in [-0.2, -0.15) is 0 Å². The average Bonchev–Trinajstić information content (AvgIpc) is 2.16. The van der Waals surface area contributed by atoms with Gasteiger partial charge < -0.3 is 0 Å². The number of carbonyl (C=O) groups is 1. The molecule has 0 heterocycles. The fraction of sp³-hybridized carbons (Fsp3) is 0.917. The van der Waals surface area contributed by atoms with E-state index in [1.807, 2.05) is 0 Å². The van der Waals surface area contributed by atoms with E-state index >= 15 is 0 Å². The van der Waals surface area contributed by atoms with Crippen LogP contribution in [0.15, 0.2) is 0 Å². The summed E-state index contributed by atoms with van der Waals surface area (Å²) in [5, 5.41) is 0. The van der Waals surface area contributed by atoms with E-state index in [9.17, 15) is 4.79 Å². The molecule has 0 aromatic carbocycles. The first kappa shape index (κ1) is 14.4. The summed E-state index contributed by atoms with van der Waals surface area (Å²) in [4.78, 5) is 11.5. The number of hydrogen-bond acceptors (Lipinski definition) is 2. The molecule has 3 heteroatoms. The SMILES string of the molecule is CC(C)CCC(CCC(C)C)C(=O)NN. The third-order valence-corrected chi connectivity index (χ3v) is 2.70. The standard InChI is InChI=1S/C12H26N2O/c1-9(2)5-7-11(12(15)14-13)8-6-10(3)4/h9-11H,5-8,13H2,1-4H3,(H,14,15). The molecule has 0 aliphatic rings. The molecule has 0 spiro atoms. The number of hydrazine groups is 1. The van der Waals surface area contributed by atoms with Crippen LogP contribution in [0.25, 0.3) is 0 Å². The highest BCUT2D eigenvalue weighted by Gasteiger charge is 2.17. The Morgan fingerprint density at radius 3 is 1.67 bits per heavy atom. The number of rotatable bonds is 7. The summed E-state index contributed by atoms with van der Waals surface area (Å²) in [6.07, 6.45) is 4.09. The van der Waals surface area contributed by atoms with Crippen molar-refractivity contribution < 1.29 is 4.79 Å². The van der Waals surface area contributed by atoms with Crippen LogP contribution in [0.4, 0.5) is 0 Å². The average molecular weight is 214 g/mol. The molecule has 0 bridgehead atoms. The fourth-order valence-corrected chi connectivity index (χ4v) is 1.59. The summed E-state index contributed by atoms with van der Waals surface area (Å²) in [5.41, 5.74) is 2.27. The van der Waals surface area contributed by atoms with Crippen molar-refractivity contribution in [2.24, 2.45) is 23.6 Å². The molecule has 0 aliphatic carbocycles. The highest BCUT2D eigenvalue weighted by Crippen LogP contribution is 2.19. The van der Waals surface area contributed by atoms with Crippen LogP contribution < -0.4 is 11.3 Å². The molecule has 0 unspecified atom stereocenters. The van der Waals surface area contributed by atoms with Gasteiger partial charge in [0.25, 0.3) is 0 Å². The Labute approximate surface area is 93.8 Å². The maximum absolute atomic E-state index is 11.5. The van der Waals surface area contributed by atoms with E-state index in [1.54, 1.807) is 0 Å². The first-order chi connectivity index (χ1) is 6.97. The maximum atomic E-state index is 11.5. The summed E-state index contributed by atoms with van der Waals surface area (Å²) in [7, 11) is 0. The predicted molar refractivity (Wildman–Crippen MR) is 64.0 cm³/mol. The molecule has 0 radical (unpaired) electrons. The van der Waals surface area contributed by atoms with Gasteiger partial charge in [0.15, 0.2) is 0 Å². The fourth-order valence-electron chi connectivity index (χ4n) is 1.59. The number of carbonyl (C=O) groups excluding carboxylic acids is 1. The highest BCUT2D eigenvalue weighted by atomic mass is 16.2. The second-order valence-electron chi connectivity index (χ2n) is 5.15. The summed E-state index contributed by atoms with van der Waals surface area (Å²) in [5.74, 6) is 6.58. The largest absolute Gasteiger partial charge is 0.294 e. The molecule has 0 saturated heterocycles. The van der Waals surface area contributed by atoms with Gasteiger partial charge in [-0.1, -0.05) is 40.5 Å². The van der Waals surface area contributed by atoms with E-state index in [1.165, 1.54) is 0 Å². The molecule has 0 saturated carbocycles. The van der Waals surface area contributed by atoms with Gasteiger partial charge in [0.05, 0.1) is 0 Å². The third kappa shape index (κ3) is 7.37. The number of nitrogens with one attached hydrogen (secondary N) is 1. The first-order valence-corrected chi connectivity index (χ1v) is 5.97. The molecule has 0 fully saturated rings. The minimum absolute atomic E-state index is 0.00343. The van der Waals surface area contributed by atoms with Crippen molar-refractivity contribution >= 4 is 5.91 Å². The summed E-state index contributed by atoms with van der Waals surface area (Å²) in [6.45, 7) is 8.72. The molecule has 0 aromatic rings. The Bertz CT molecular complexity index is 166. The van der Waals surface area contributed by atoms with E-state index in [-0.39, 0.29) is 11.8 Å². The zero-order chi connectivity index (χ0) is 11.8. The van der Waals surface area contributed by atoms with Crippen molar-refractivity contribution in [3.8, 4) is 0 Å². The second kappa shape index (κ2) is 7.69.